The Morgan fingerprint density at radius 3 is 2.83 bits per heavy atom. The van der Waals surface area contributed by atoms with Gasteiger partial charge in [0.15, 0.2) is 11.5 Å². The van der Waals surface area contributed by atoms with Crippen LogP contribution in [0.2, 0.25) is 0 Å². The average molecular weight is 310 g/mol. The lowest BCUT2D eigenvalue weighted by molar-refractivity contribution is 0.354. The number of hydrazone groups is 1. The second kappa shape index (κ2) is 6.39. The number of fused-ring (bicyclic) bond motifs is 1. The van der Waals surface area contributed by atoms with Crippen LogP contribution < -0.4 is 14.9 Å². The molecular formula is C17H18N4O2. The van der Waals surface area contributed by atoms with Gasteiger partial charge >= 0.3 is 0 Å². The van der Waals surface area contributed by atoms with E-state index in [1.54, 1.807) is 20.4 Å². The summed E-state index contributed by atoms with van der Waals surface area (Å²) in [5.41, 5.74) is 6.76. The van der Waals surface area contributed by atoms with Crippen LogP contribution in [-0.2, 0) is 0 Å². The van der Waals surface area contributed by atoms with Crippen molar-refractivity contribution in [3.63, 3.8) is 0 Å². The first kappa shape index (κ1) is 14.9. The second-order valence-corrected chi connectivity index (χ2v) is 5.06. The summed E-state index contributed by atoms with van der Waals surface area (Å²) in [6.07, 6.45) is 1.67. The number of aryl methyl sites for hydroxylation is 1. The lowest BCUT2D eigenvalue weighted by Gasteiger charge is -2.09. The third kappa shape index (κ3) is 3.11. The summed E-state index contributed by atoms with van der Waals surface area (Å²) in [7, 11) is 3.21. The third-order valence-corrected chi connectivity index (χ3v) is 3.44. The van der Waals surface area contributed by atoms with Crippen molar-refractivity contribution in [2.24, 2.45) is 5.10 Å². The molecule has 1 heterocycles. The van der Waals surface area contributed by atoms with Crippen molar-refractivity contribution in [2.45, 2.75) is 6.92 Å². The van der Waals surface area contributed by atoms with Crippen LogP contribution >= 0.6 is 0 Å². The minimum Gasteiger partial charge on any atom is -0.493 e. The molecule has 118 valence electrons. The number of nitrogens with one attached hydrogen (secondary N) is 2. The molecule has 0 bridgehead atoms. The Hall–Kier alpha value is -3.02. The molecule has 0 spiro atoms. The van der Waals surface area contributed by atoms with Crippen LogP contribution in [0.3, 0.4) is 0 Å². The molecule has 6 nitrogen and oxygen atoms in total. The van der Waals surface area contributed by atoms with Crippen LogP contribution in [0.1, 0.15) is 11.1 Å². The van der Waals surface area contributed by atoms with Gasteiger partial charge < -0.3 is 14.5 Å². The first-order chi connectivity index (χ1) is 11.2. The fraction of sp³-hybridized carbons (Fsp3) is 0.176. The molecular weight excluding hydrogens is 292 g/mol. The third-order valence-electron chi connectivity index (χ3n) is 3.44. The quantitative estimate of drug-likeness (QED) is 0.560. The van der Waals surface area contributed by atoms with Crippen molar-refractivity contribution in [3.8, 4) is 11.5 Å². The highest BCUT2D eigenvalue weighted by molar-refractivity contribution is 5.85. The number of methoxy groups -OCH3 is 2. The molecule has 0 atom stereocenters. The first-order valence-corrected chi connectivity index (χ1v) is 7.17. The van der Waals surface area contributed by atoms with Gasteiger partial charge in [-0.1, -0.05) is 12.1 Å². The maximum absolute atomic E-state index is 5.36. The predicted molar refractivity (Wildman–Crippen MR) is 91.6 cm³/mol. The molecule has 2 aromatic carbocycles. The number of H-pyrrole nitrogens is 1. The minimum absolute atomic E-state index is 0.587. The molecule has 0 saturated heterocycles. The van der Waals surface area contributed by atoms with Crippen molar-refractivity contribution < 1.29 is 9.47 Å². The summed E-state index contributed by atoms with van der Waals surface area (Å²) in [6.45, 7) is 2.04. The molecule has 0 amide bonds. The molecule has 3 aromatic rings. The highest BCUT2D eigenvalue weighted by atomic mass is 16.5. The maximum Gasteiger partial charge on any atom is 0.222 e. The van der Waals surface area contributed by atoms with E-state index >= 15 is 0 Å². The van der Waals surface area contributed by atoms with Gasteiger partial charge in [0.1, 0.15) is 0 Å². The Balaban J connectivity index is 1.80. The van der Waals surface area contributed by atoms with Crippen molar-refractivity contribution in [2.75, 3.05) is 19.6 Å². The molecule has 0 fully saturated rings. The highest BCUT2D eigenvalue weighted by Crippen LogP contribution is 2.29. The fourth-order valence-corrected chi connectivity index (χ4v) is 2.35. The van der Waals surface area contributed by atoms with Gasteiger partial charge in [0, 0.05) is 5.56 Å². The summed E-state index contributed by atoms with van der Waals surface area (Å²) < 4.78 is 10.6. The number of aromatic nitrogens is 2. The van der Waals surface area contributed by atoms with E-state index < -0.39 is 0 Å². The van der Waals surface area contributed by atoms with Gasteiger partial charge in [0.2, 0.25) is 5.95 Å². The van der Waals surface area contributed by atoms with E-state index in [4.69, 9.17) is 9.47 Å². The van der Waals surface area contributed by atoms with Gasteiger partial charge in [-0.2, -0.15) is 5.10 Å². The number of aromatic amines is 1. The Morgan fingerprint density at radius 2 is 2.04 bits per heavy atom. The van der Waals surface area contributed by atoms with Crippen LogP contribution in [0.15, 0.2) is 41.5 Å². The molecule has 0 radical (unpaired) electrons. The largest absolute Gasteiger partial charge is 0.493 e. The number of benzene rings is 2. The topological polar surface area (TPSA) is 71.5 Å². The van der Waals surface area contributed by atoms with Gasteiger partial charge in [-0.15, -0.1) is 0 Å². The van der Waals surface area contributed by atoms with E-state index in [1.165, 1.54) is 5.56 Å². The predicted octanol–water partition coefficient (Wildman–Crippen LogP) is 3.33. The van der Waals surface area contributed by atoms with E-state index in [0.717, 1.165) is 16.6 Å². The SMILES string of the molecule is COc1cccc(/C=N\Nc2nc3ccc(C)cc3[nH]2)c1OC. The van der Waals surface area contributed by atoms with Crippen LogP contribution in [0, 0.1) is 6.92 Å². The number of rotatable bonds is 5. The molecule has 0 aliphatic rings. The summed E-state index contributed by atoms with van der Waals surface area (Å²) in [5.74, 6) is 1.89. The number of ether oxygens (including phenoxy) is 2. The van der Waals surface area contributed by atoms with Gasteiger partial charge in [-0.25, -0.2) is 10.4 Å². The van der Waals surface area contributed by atoms with Crippen molar-refractivity contribution in [3.05, 3.63) is 47.5 Å². The van der Waals surface area contributed by atoms with Gasteiger partial charge in [-0.05, 0) is 36.8 Å². The normalized spacial score (nSPS) is 11.1. The van der Waals surface area contributed by atoms with Gasteiger partial charge in [0.05, 0.1) is 31.5 Å². The van der Waals surface area contributed by atoms with E-state index in [1.807, 2.05) is 43.3 Å². The minimum atomic E-state index is 0.587. The van der Waals surface area contributed by atoms with E-state index in [-0.39, 0.29) is 0 Å². The van der Waals surface area contributed by atoms with Crippen LogP contribution in [0.5, 0.6) is 11.5 Å². The number of anilines is 1. The second-order valence-electron chi connectivity index (χ2n) is 5.06. The van der Waals surface area contributed by atoms with E-state index in [2.05, 4.69) is 20.5 Å². The molecule has 6 heteroatoms. The molecule has 23 heavy (non-hydrogen) atoms. The number of imidazole rings is 1. The maximum atomic E-state index is 5.36. The van der Waals surface area contributed by atoms with Crippen LogP contribution in [-0.4, -0.2) is 30.4 Å². The van der Waals surface area contributed by atoms with Crippen LogP contribution in [0.25, 0.3) is 11.0 Å². The average Bonchev–Trinajstić information content (AvgIpc) is 2.96. The molecule has 0 unspecified atom stereocenters. The van der Waals surface area contributed by atoms with Crippen LogP contribution in [0.4, 0.5) is 5.95 Å². The zero-order valence-corrected chi connectivity index (χ0v) is 13.3. The van der Waals surface area contributed by atoms with Crippen molar-refractivity contribution in [1.29, 1.82) is 0 Å². The van der Waals surface area contributed by atoms with E-state index in [0.29, 0.717) is 17.4 Å². The summed E-state index contributed by atoms with van der Waals surface area (Å²) in [4.78, 5) is 7.61. The lowest BCUT2D eigenvalue weighted by Crippen LogP contribution is -1.97. The zero-order chi connectivity index (χ0) is 16.2. The fourth-order valence-electron chi connectivity index (χ4n) is 2.35. The molecule has 0 saturated carbocycles. The molecule has 3 rings (SSSR count). The lowest BCUT2D eigenvalue weighted by atomic mass is 10.2. The van der Waals surface area contributed by atoms with Crippen molar-refractivity contribution in [1.82, 2.24) is 9.97 Å². The Labute approximate surface area is 134 Å². The first-order valence-electron chi connectivity index (χ1n) is 7.17. The number of hydrogen-bond acceptors (Lipinski definition) is 5. The standard InChI is InChI=1S/C17H18N4O2/c1-11-7-8-13-14(9-11)20-17(19-13)21-18-10-12-5-4-6-15(22-2)16(12)23-3/h4-10H,1-3H3,(H2,19,20,21)/b18-10-. The Kier molecular flexibility index (Phi) is 4.14. The molecule has 2 N–H and O–H groups in total. The summed E-state index contributed by atoms with van der Waals surface area (Å²) in [5, 5.41) is 4.21. The summed E-state index contributed by atoms with van der Waals surface area (Å²) in [6, 6.07) is 11.7. The monoisotopic (exact) mass is 310 g/mol. The highest BCUT2D eigenvalue weighted by Gasteiger charge is 2.07. The molecule has 1 aromatic heterocycles. The van der Waals surface area contributed by atoms with Gasteiger partial charge in [0.25, 0.3) is 0 Å². The van der Waals surface area contributed by atoms with E-state index in [9.17, 15) is 0 Å². The zero-order valence-electron chi connectivity index (χ0n) is 13.3. The summed E-state index contributed by atoms with van der Waals surface area (Å²) >= 11 is 0. The Bertz CT molecular complexity index is 855. The number of para-hydroxylation sites is 1. The van der Waals surface area contributed by atoms with Crippen molar-refractivity contribution >= 4 is 23.2 Å². The van der Waals surface area contributed by atoms with Gasteiger partial charge in [-0.3, -0.25) is 0 Å². The Morgan fingerprint density at radius 1 is 1.17 bits per heavy atom. The number of nitrogens with zero attached hydrogens (tertiary/aromatic N) is 2. The molecule has 0 aliphatic carbocycles. The smallest absolute Gasteiger partial charge is 0.222 e. The molecule has 0 aliphatic heterocycles. The number of hydrogen-bond donors (Lipinski definition) is 2.